The molecule has 0 aliphatic heterocycles. The molecule has 0 bridgehead atoms. The van der Waals surface area contributed by atoms with Gasteiger partial charge >= 0.3 is 0 Å². The molecule has 0 saturated heterocycles. The Hall–Kier alpha value is -1.75. The van der Waals surface area contributed by atoms with Crippen LogP contribution in [0.5, 0.6) is 0 Å². The molecule has 1 aromatic carbocycles. The smallest absolute Gasteiger partial charge is 0.187 e. The van der Waals surface area contributed by atoms with Gasteiger partial charge in [0.25, 0.3) is 0 Å². The van der Waals surface area contributed by atoms with Crippen molar-refractivity contribution in [3.8, 4) is 10.6 Å². The Morgan fingerprint density at radius 3 is 2.65 bits per heavy atom. The number of aromatic nitrogens is 4. The number of aryl methyl sites for hydroxylation is 2. The average Bonchev–Trinajstić information content (AvgIpc) is 2.94. The Bertz CT molecular complexity index is 754. The first-order valence-electron chi connectivity index (χ1n) is 6.83. The Balaban J connectivity index is 2.04. The highest BCUT2D eigenvalue weighted by Gasteiger charge is 2.14. The van der Waals surface area contributed by atoms with E-state index < -0.39 is 0 Å². The molecule has 4 nitrogen and oxygen atoms in total. The van der Waals surface area contributed by atoms with Crippen molar-refractivity contribution in [3.63, 3.8) is 0 Å². The van der Waals surface area contributed by atoms with Crippen LogP contribution in [0.3, 0.4) is 0 Å². The fraction of sp³-hybridized carbons (Fsp3) is 0.400. The van der Waals surface area contributed by atoms with Crippen LogP contribution in [-0.4, -0.2) is 19.8 Å². The molecule has 0 saturated carbocycles. The SMILES string of the molecule is Cc1ccc(-c2nn3c(CC(C)C)nnc3s2)cc1C. The molecule has 0 N–H and O–H groups in total. The second kappa shape index (κ2) is 4.98. The van der Waals surface area contributed by atoms with Crippen LogP contribution in [0.4, 0.5) is 0 Å². The molecule has 0 radical (unpaired) electrons. The highest BCUT2D eigenvalue weighted by atomic mass is 32.1. The summed E-state index contributed by atoms with van der Waals surface area (Å²) < 4.78 is 1.88. The molecule has 0 fully saturated rings. The van der Waals surface area contributed by atoms with Gasteiger partial charge in [0.05, 0.1) is 0 Å². The minimum absolute atomic E-state index is 0.550. The minimum Gasteiger partial charge on any atom is -0.187 e. The van der Waals surface area contributed by atoms with Gasteiger partial charge in [-0.15, -0.1) is 10.2 Å². The van der Waals surface area contributed by atoms with E-state index in [1.807, 2.05) is 4.52 Å². The van der Waals surface area contributed by atoms with Gasteiger partial charge in [-0.1, -0.05) is 37.3 Å². The van der Waals surface area contributed by atoms with Crippen LogP contribution in [0.1, 0.15) is 30.8 Å². The van der Waals surface area contributed by atoms with Gasteiger partial charge < -0.3 is 0 Å². The zero-order valence-electron chi connectivity index (χ0n) is 12.2. The van der Waals surface area contributed by atoms with Crippen LogP contribution >= 0.6 is 11.3 Å². The van der Waals surface area contributed by atoms with Crippen molar-refractivity contribution in [3.05, 3.63) is 35.2 Å². The predicted molar refractivity (Wildman–Crippen MR) is 82.1 cm³/mol. The highest BCUT2D eigenvalue weighted by molar-refractivity contribution is 7.19. The van der Waals surface area contributed by atoms with E-state index in [4.69, 9.17) is 0 Å². The maximum absolute atomic E-state index is 4.68. The van der Waals surface area contributed by atoms with Crippen molar-refractivity contribution in [1.82, 2.24) is 19.8 Å². The van der Waals surface area contributed by atoms with Crippen LogP contribution < -0.4 is 0 Å². The number of nitrogens with zero attached hydrogens (tertiary/aromatic N) is 4. The largest absolute Gasteiger partial charge is 0.234 e. The molecular weight excluding hydrogens is 268 g/mol. The van der Waals surface area contributed by atoms with Crippen molar-refractivity contribution in [2.45, 2.75) is 34.1 Å². The van der Waals surface area contributed by atoms with Crippen LogP contribution in [0.25, 0.3) is 15.5 Å². The Kier molecular flexibility index (Phi) is 3.30. The summed E-state index contributed by atoms with van der Waals surface area (Å²) in [6, 6.07) is 6.45. The van der Waals surface area contributed by atoms with Gasteiger partial charge in [-0.3, -0.25) is 0 Å². The average molecular weight is 286 g/mol. The standard InChI is InChI=1S/C15H18N4S/c1-9(2)7-13-16-17-15-19(13)18-14(20-15)12-6-5-10(3)11(4)8-12/h5-6,8-9H,7H2,1-4H3. The molecule has 3 aromatic rings. The van der Waals surface area contributed by atoms with E-state index in [2.05, 4.69) is 61.2 Å². The Labute approximate surface area is 122 Å². The summed E-state index contributed by atoms with van der Waals surface area (Å²) in [5.74, 6) is 1.50. The number of hydrogen-bond donors (Lipinski definition) is 0. The second-order valence-corrected chi connectivity index (χ2v) is 6.57. The molecule has 104 valence electrons. The molecule has 20 heavy (non-hydrogen) atoms. The molecule has 0 aliphatic rings. The lowest BCUT2D eigenvalue weighted by atomic mass is 10.1. The van der Waals surface area contributed by atoms with Gasteiger partial charge in [-0.2, -0.15) is 9.61 Å². The summed E-state index contributed by atoms with van der Waals surface area (Å²) in [6.07, 6.45) is 0.900. The number of rotatable bonds is 3. The van der Waals surface area contributed by atoms with Crippen LogP contribution in [0.15, 0.2) is 18.2 Å². The maximum Gasteiger partial charge on any atom is 0.234 e. The lowest BCUT2D eigenvalue weighted by molar-refractivity contribution is 0.607. The van der Waals surface area contributed by atoms with Crippen LogP contribution in [0.2, 0.25) is 0 Å². The van der Waals surface area contributed by atoms with E-state index in [0.717, 1.165) is 27.8 Å². The monoisotopic (exact) mass is 286 g/mol. The van der Waals surface area contributed by atoms with E-state index in [9.17, 15) is 0 Å². The van der Waals surface area contributed by atoms with Crippen LogP contribution in [0, 0.1) is 19.8 Å². The quantitative estimate of drug-likeness (QED) is 0.738. The third-order valence-electron chi connectivity index (χ3n) is 3.40. The fourth-order valence-electron chi connectivity index (χ4n) is 2.14. The van der Waals surface area contributed by atoms with Crippen molar-refractivity contribution < 1.29 is 0 Å². The zero-order chi connectivity index (χ0) is 14.3. The minimum atomic E-state index is 0.550. The van der Waals surface area contributed by atoms with Crippen molar-refractivity contribution >= 4 is 16.3 Å². The number of benzene rings is 1. The lowest BCUT2D eigenvalue weighted by Crippen LogP contribution is -2.01. The fourth-order valence-corrected chi connectivity index (χ4v) is 3.00. The predicted octanol–water partition coefficient (Wildman–Crippen LogP) is 3.67. The Morgan fingerprint density at radius 1 is 1.15 bits per heavy atom. The third kappa shape index (κ3) is 2.33. The molecule has 0 aliphatic carbocycles. The number of hydrogen-bond acceptors (Lipinski definition) is 4. The molecule has 0 spiro atoms. The normalized spacial score (nSPS) is 11.7. The molecule has 2 aromatic heterocycles. The summed E-state index contributed by atoms with van der Waals surface area (Å²) >= 11 is 1.59. The molecule has 5 heteroatoms. The van der Waals surface area contributed by atoms with E-state index in [-0.39, 0.29) is 0 Å². The van der Waals surface area contributed by atoms with Crippen molar-refractivity contribution in [1.29, 1.82) is 0 Å². The summed E-state index contributed by atoms with van der Waals surface area (Å²) in [5, 5.41) is 14.1. The molecule has 2 heterocycles. The maximum atomic E-state index is 4.68. The van der Waals surface area contributed by atoms with Gasteiger partial charge in [-0.25, -0.2) is 0 Å². The Morgan fingerprint density at radius 2 is 1.95 bits per heavy atom. The topological polar surface area (TPSA) is 43.1 Å². The lowest BCUT2D eigenvalue weighted by Gasteiger charge is -2.02. The van der Waals surface area contributed by atoms with Gasteiger partial charge in [0.2, 0.25) is 4.96 Å². The van der Waals surface area contributed by atoms with Crippen LogP contribution in [-0.2, 0) is 6.42 Å². The van der Waals surface area contributed by atoms with E-state index in [1.165, 1.54) is 11.1 Å². The van der Waals surface area contributed by atoms with Crippen molar-refractivity contribution in [2.75, 3.05) is 0 Å². The van der Waals surface area contributed by atoms with E-state index in [0.29, 0.717) is 5.92 Å². The highest BCUT2D eigenvalue weighted by Crippen LogP contribution is 2.27. The van der Waals surface area contributed by atoms with Gasteiger partial charge in [0.15, 0.2) is 5.82 Å². The summed E-state index contributed by atoms with van der Waals surface area (Å²) in [6.45, 7) is 8.61. The summed E-state index contributed by atoms with van der Waals surface area (Å²) in [4.78, 5) is 0.869. The first kappa shape index (κ1) is 13.2. The van der Waals surface area contributed by atoms with Gasteiger partial charge in [-0.05, 0) is 37.0 Å². The second-order valence-electron chi connectivity index (χ2n) is 5.61. The van der Waals surface area contributed by atoms with Crippen molar-refractivity contribution in [2.24, 2.45) is 5.92 Å². The first-order valence-corrected chi connectivity index (χ1v) is 7.65. The molecule has 0 unspecified atom stereocenters. The van der Waals surface area contributed by atoms with E-state index >= 15 is 0 Å². The molecular formula is C15H18N4S. The zero-order valence-corrected chi connectivity index (χ0v) is 13.0. The van der Waals surface area contributed by atoms with Gasteiger partial charge in [0, 0.05) is 12.0 Å². The summed E-state index contributed by atoms with van der Waals surface area (Å²) in [7, 11) is 0. The third-order valence-corrected chi connectivity index (χ3v) is 4.35. The first-order chi connectivity index (χ1) is 9.54. The van der Waals surface area contributed by atoms with E-state index in [1.54, 1.807) is 11.3 Å². The molecule has 0 atom stereocenters. The summed E-state index contributed by atoms with van der Waals surface area (Å²) in [5.41, 5.74) is 3.74. The van der Waals surface area contributed by atoms with Gasteiger partial charge in [0.1, 0.15) is 5.01 Å². The molecule has 3 rings (SSSR count). The number of fused-ring (bicyclic) bond motifs is 1. The molecule has 0 amide bonds.